The molecule has 0 nitrogen and oxygen atoms in total. The second-order valence-electron chi connectivity index (χ2n) is 3.61. The zero-order chi connectivity index (χ0) is 7.23. The first kappa shape index (κ1) is 8.10. The fourth-order valence-corrected chi connectivity index (χ4v) is 1.68. The van der Waals surface area contributed by atoms with E-state index in [4.69, 9.17) is 0 Å². The van der Waals surface area contributed by atoms with Crippen LogP contribution >= 0.6 is 0 Å². The van der Waals surface area contributed by atoms with Gasteiger partial charge in [0.2, 0.25) is 0 Å². The largest absolute Gasteiger partial charge is 0.0625 e. The molecule has 0 bridgehead atoms. The topological polar surface area (TPSA) is 0 Å². The van der Waals surface area contributed by atoms with Gasteiger partial charge in [0.05, 0.1) is 0 Å². The summed E-state index contributed by atoms with van der Waals surface area (Å²) in [7, 11) is 0. The Morgan fingerprint density at radius 1 is 1.00 bits per heavy atom. The molecule has 1 aliphatic carbocycles. The van der Waals surface area contributed by atoms with Crippen molar-refractivity contribution in [3.63, 3.8) is 0 Å². The molecule has 0 saturated heterocycles. The summed E-state index contributed by atoms with van der Waals surface area (Å²) >= 11 is 0. The van der Waals surface area contributed by atoms with Gasteiger partial charge in [0.1, 0.15) is 0 Å². The average Bonchev–Trinajstić information content (AvgIpc) is 2.02. The maximum Gasteiger partial charge on any atom is -0.0386 e. The Morgan fingerprint density at radius 2 is 1.70 bits per heavy atom. The normalized spacial score (nSPS) is 24.9. The molecule has 0 heteroatoms. The van der Waals surface area contributed by atoms with E-state index in [0.717, 1.165) is 5.92 Å². The van der Waals surface area contributed by atoms with Crippen molar-refractivity contribution in [2.24, 2.45) is 5.92 Å². The van der Waals surface area contributed by atoms with Crippen LogP contribution in [0.4, 0.5) is 0 Å². The second-order valence-corrected chi connectivity index (χ2v) is 3.61. The maximum absolute atomic E-state index is 2.47. The monoisotopic (exact) mass is 139 g/mol. The van der Waals surface area contributed by atoms with Crippen LogP contribution in [0.3, 0.4) is 0 Å². The first-order valence-electron chi connectivity index (χ1n) is 4.71. The van der Waals surface area contributed by atoms with Crippen LogP contribution in [0.2, 0.25) is 0 Å². The summed E-state index contributed by atoms with van der Waals surface area (Å²) < 4.78 is 0. The Labute approximate surface area is 65.0 Å². The minimum absolute atomic E-state index is 0.992. The molecule has 1 unspecified atom stereocenters. The minimum Gasteiger partial charge on any atom is -0.0625 e. The fourth-order valence-electron chi connectivity index (χ4n) is 1.68. The molecule has 0 spiro atoms. The second kappa shape index (κ2) is 4.76. The zero-order valence-electron chi connectivity index (χ0n) is 7.10. The first-order chi connectivity index (χ1) is 4.89. The predicted octanol–water partition coefficient (Wildman–Crippen LogP) is 3.57. The van der Waals surface area contributed by atoms with Crippen molar-refractivity contribution < 1.29 is 0 Å². The van der Waals surface area contributed by atoms with Crippen LogP contribution < -0.4 is 0 Å². The lowest BCUT2D eigenvalue weighted by atomic mass is 10.00. The Balaban J connectivity index is 2.15. The van der Waals surface area contributed by atoms with E-state index in [9.17, 15) is 0 Å². The molecule has 0 aliphatic heterocycles. The van der Waals surface area contributed by atoms with Crippen LogP contribution in [0.25, 0.3) is 0 Å². The standard InChI is InChI=1S/C10H19/c1-10-8-6-4-2-3-5-7-9-10/h2,10H,3-9H2,1H3. The minimum atomic E-state index is 0.992. The van der Waals surface area contributed by atoms with Gasteiger partial charge in [-0.05, 0) is 12.3 Å². The quantitative estimate of drug-likeness (QED) is 0.481. The highest BCUT2D eigenvalue weighted by Gasteiger charge is 2.04. The highest BCUT2D eigenvalue weighted by molar-refractivity contribution is 4.68. The van der Waals surface area contributed by atoms with Crippen molar-refractivity contribution in [2.45, 2.75) is 51.9 Å². The molecule has 1 fully saturated rings. The third-order valence-electron chi connectivity index (χ3n) is 2.46. The van der Waals surface area contributed by atoms with Crippen molar-refractivity contribution in [2.75, 3.05) is 0 Å². The molecular weight excluding hydrogens is 120 g/mol. The van der Waals surface area contributed by atoms with Gasteiger partial charge in [0.15, 0.2) is 0 Å². The summed E-state index contributed by atoms with van der Waals surface area (Å²) in [6.07, 6.45) is 12.4. The summed E-state index contributed by atoms with van der Waals surface area (Å²) in [5.41, 5.74) is 0. The predicted molar refractivity (Wildman–Crippen MR) is 45.8 cm³/mol. The Kier molecular flexibility index (Phi) is 3.86. The molecule has 10 heavy (non-hydrogen) atoms. The molecule has 1 radical (unpaired) electrons. The molecule has 0 aromatic heterocycles. The molecule has 59 valence electrons. The third-order valence-corrected chi connectivity index (χ3v) is 2.46. The highest BCUT2D eigenvalue weighted by Crippen LogP contribution is 2.20. The number of rotatable bonds is 0. The Hall–Kier alpha value is 0. The smallest absolute Gasteiger partial charge is 0.0386 e. The van der Waals surface area contributed by atoms with Crippen molar-refractivity contribution in [1.82, 2.24) is 0 Å². The lowest BCUT2D eigenvalue weighted by Gasteiger charge is -2.07. The molecule has 1 saturated carbocycles. The summed E-state index contributed by atoms with van der Waals surface area (Å²) in [6.45, 7) is 2.39. The maximum atomic E-state index is 2.47. The van der Waals surface area contributed by atoms with E-state index >= 15 is 0 Å². The highest BCUT2D eigenvalue weighted by atomic mass is 14.1. The van der Waals surface area contributed by atoms with E-state index in [-0.39, 0.29) is 0 Å². The van der Waals surface area contributed by atoms with Crippen LogP contribution in [-0.4, -0.2) is 0 Å². The van der Waals surface area contributed by atoms with Crippen LogP contribution in [0.5, 0.6) is 0 Å². The Bertz CT molecular complexity index is 66.1. The lowest BCUT2D eigenvalue weighted by molar-refractivity contribution is 0.466. The van der Waals surface area contributed by atoms with Gasteiger partial charge in [0, 0.05) is 0 Å². The van der Waals surface area contributed by atoms with Gasteiger partial charge in [-0.25, -0.2) is 0 Å². The van der Waals surface area contributed by atoms with Gasteiger partial charge >= 0.3 is 0 Å². The van der Waals surface area contributed by atoms with E-state index in [2.05, 4.69) is 13.3 Å². The molecule has 1 atom stereocenters. The van der Waals surface area contributed by atoms with Crippen LogP contribution in [0.15, 0.2) is 0 Å². The number of hydrogen-bond acceptors (Lipinski definition) is 0. The van der Waals surface area contributed by atoms with Crippen LogP contribution in [0.1, 0.15) is 51.9 Å². The van der Waals surface area contributed by atoms with Gasteiger partial charge in [-0.2, -0.15) is 0 Å². The first-order valence-corrected chi connectivity index (χ1v) is 4.71. The van der Waals surface area contributed by atoms with E-state index in [0.29, 0.717) is 0 Å². The zero-order valence-corrected chi connectivity index (χ0v) is 7.10. The molecule has 1 rings (SSSR count). The molecule has 0 aromatic carbocycles. The number of hydrogen-bond donors (Lipinski definition) is 0. The lowest BCUT2D eigenvalue weighted by Crippen LogP contribution is -1.92. The average molecular weight is 139 g/mol. The molecule has 0 N–H and O–H groups in total. The van der Waals surface area contributed by atoms with Crippen LogP contribution in [0, 0.1) is 12.3 Å². The van der Waals surface area contributed by atoms with Crippen LogP contribution in [-0.2, 0) is 0 Å². The molecular formula is C10H19. The molecule has 0 amide bonds. The van der Waals surface area contributed by atoms with Crippen molar-refractivity contribution in [3.05, 3.63) is 6.42 Å². The van der Waals surface area contributed by atoms with Gasteiger partial charge in [0.25, 0.3) is 0 Å². The van der Waals surface area contributed by atoms with Gasteiger partial charge in [-0.3, -0.25) is 0 Å². The van der Waals surface area contributed by atoms with E-state index < -0.39 is 0 Å². The van der Waals surface area contributed by atoms with Gasteiger partial charge < -0.3 is 0 Å². The van der Waals surface area contributed by atoms with Gasteiger partial charge in [-0.15, -0.1) is 0 Å². The van der Waals surface area contributed by atoms with E-state index in [1.165, 1.54) is 44.9 Å². The molecule has 0 aromatic rings. The summed E-state index contributed by atoms with van der Waals surface area (Å²) in [6, 6.07) is 0. The van der Waals surface area contributed by atoms with Crippen molar-refractivity contribution in [3.8, 4) is 0 Å². The van der Waals surface area contributed by atoms with E-state index in [1.807, 2.05) is 0 Å². The molecule has 1 aliphatic rings. The molecule has 0 heterocycles. The Morgan fingerprint density at radius 3 is 2.60 bits per heavy atom. The van der Waals surface area contributed by atoms with Crippen molar-refractivity contribution in [1.29, 1.82) is 0 Å². The SMILES string of the molecule is CC1CCC[CH]CCCC1. The van der Waals surface area contributed by atoms with E-state index in [1.54, 1.807) is 0 Å². The van der Waals surface area contributed by atoms with Gasteiger partial charge in [-0.1, -0.05) is 51.9 Å². The summed E-state index contributed by atoms with van der Waals surface area (Å²) in [4.78, 5) is 0. The summed E-state index contributed by atoms with van der Waals surface area (Å²) in [5, 5.41) is 0. The third kappa shape index (κ3) is 3.24. The summed E-state index contributed by atoms with van der Waals surface area (Å²) in [5.74, 6) is 0.992. The van der Waals surface area contributed by atoms with Crippen molar-refractivity contribution >= 4 is 0 Å². The fraction of sp³-hybridized carbons (Fsp3) is 0.900.